The van der Waals surface area contributed by atoms with E-state index in [4.69, 9.17) is 15.7 Å². The van der Waals surface area contributed by atoms with Crippen LogP contribution in [0, 0.1) is 6.92 Å². The summed E-state index contributed by atoms with van der Waals surface area (Å²) in [5.41, 5.74) is 7.54. The third kappa shape index (κ3) is 3.65. The summed E-state index contributed by atoms with van der Waals surface area (Å²) < 4.78 is 5.30. The largest absolute Gasteiger partial charge is 0.409 e. The number of amidine groups is 1. The first kappa shape index (κ1) is 15.6. The third-order valence-corrected chi connectivity index (χ3v) is 3.99. The van der Waals surface area contributed by atoms with Gasteiger partial charge in [-0.25, -0.2) is 0 Å². The highest BCUT2D eigenvalue weighted by Crippen LogP contribution is 2.25. The molecule has 4 N–H and O–H groups in total. The molecule has 0 unspecified atom stereocenters. The SMILES string of the molecule is Cc1cc(N(C)CC2(O)CCOCC2)ccc1/C(N)=N/O. The number of hydrogen-bond donors (Lipinski definition) is 3. The highest BCUT2D eigenvalue weighted by atomic mass is 16.5. The average molecular weight is 293 g/mol. The smallest absolute Gasteiger partial charge is 0.170 e. The lowest BCUT2D eigenvalue weighted by Gasteiger charge is -2.36. The van der Waals surface area contributed by atoms with Gasteiger partial charge in [0, 0.05) is 50.9 Å². The molecule has 0 spiro atoms. The molecule has 0 atom stereocenters. The molecule has 0 amide bonds. The van der Waals surface area contributed by atoms with E-state index in [1.54, 1.807) is 0 Å². The van der Waals surface area contributed by atoms with Crippen molar-refractivity contribution >= 4 is 11.5 Å². The number of ether oxygens (including phenoxy) is 1. The van der Waals surface area contributed by atoms with Crippen molar-refractivity contribution in [1.29, 1.82) is 0 Å². The Hall–Kier alpha value is -1.79. The fourth-order valence-electron chi connectivity index (χ4n) is 2.67. The van der Waals surface area contributed by atoms with E-state index in [2.05, 4.69) is 5.16 Å². The van der Waals surface area contributed by atoms with Gasteiger partial charge in [0.2, 0.25) is 0 Å². The van der Waals surface area contributed by atoms with Gasteiger partial charge in [0.05, 0.1) is 5.60 Å². The molecule has 1 aromatic carbocycles. The molecule has 2 rings (SSSR count). The summed E-state index contributed by atoms with van der Waals surface area (Å²) in [6.45, 7) is 3.67. The first-order valence-electron chi connectivity index (χ1n) is 7.05. The molecule has 21 heavy (non-hydrogen) atoms. The molecule has 1 aliphatic rings. The Labute approximate surface area is 124 Å². The minimum Gasteiger partial charge on any atom is -0.409 e. The van der Waals surface area contributed by atoms with Crippen molar-refractivity contribution in [1.82, 2.24) is 0 Å². The van der Waals surface area contributed by atoms with Crippen LogP contribution in [0.5, 0.6) is 0 Å². The summed E-state index contributed by atoms with van der Waals surface area (Å²) in [5.74, 6) is 0.102. The maximum absolute atomic E-state index is 10.6. The second-order valence-electron chi connectivity index (χ2n) is 5.68. The third-order valence-electron chi connectivity index (χ3n) is 3.99. The second-order valence-corrected chi connectivity index (χ2v) is 5.68. The topological polar surface area (TPSA) is 91.3 Å². The lowest BCUT2D eigenvalue weighted by Crippen LogP contribution is -2.45. The first-order chi connectivity index (χ1) is 9.95. The van der Waals surface area contributed by atoms with Crippen LogP contribution in [0.25, 0.3) is 0 Å². The zero-order valence-electron chi connectivity index (χ0n) is 12.5. The highest BCUT2D eigenvalue weighted by molar-refractivity contribution is 5.98. The molecule has 6 heteroatoms. The Kier molecular flexibility index (Phi) is 4.69. The molecule has 1 saturated heterocycles. The van der Waals surface area contributed by atoms with Crippen molar-refractivity contribution in [2.75, 3.05) is 31.7 Å². The summed E-state index contributed by atoms with van der Waals surface area (Å²) in [4.78, 5) is 2.02. The fourth-order valence-corrected chi connectivity index (χ4v) is 2.67. The maximum atomic E-state index is 10.6. The molecule has 0 radical (unpaired) electrons. The Balaban J connectivity index is 2.12. The van der Waals surface area contributed by atoms with Crippen molar-refractivity contribution in [3.8, 4) is 0 Å². The number of oxime groups is 1. The minimum absolute atomic E-state index is 0.102. The van der Waals surface area contributed by atoms with Gasteiger partial charge in [0.15, 0.2) is 5.84 Å². The molecule has 1 fully saturated rings. The van der Waals surface area contributed by atoms with Gasteiger partial charge in [-0.15, -0.1) is 0 Å². The van der Waals surface area contributed by atoms with Gasteiger partial charge in [0.25, 0.3) is 0 Å². The number of nitrogens with two attached hydrogens (primary N) is 1. The van der Waals surface area contributed by atoms with Crippen LogP contribution >= 0.6 is 0 Å². The number of hydrogen-bond acceptors (Lipinski definition) is 5. The highest BCUT2D eigenvalue weighted by Gasteiger charge is 2.31. The molecule has 0 saturated carbocycles. The fraction of sp³-hybridized carbons (Fsp3) is 0.533. The number of anilines is 1. The summed E-state index contributed by atoms with van der Waals surface area (Å²) in [5, 5.41) is 22.3. The van der Waals surface area contributed by atoms with E-state index in [1.807, 2.05) is 37.1 Å². The predicted molar refractivity (Wildman–Crippen MR) is 82.0 cm³/mol. The van der Waals surface area contributed by atoms with Gasteiger partial charge < -0.3 is 25.7 Å². The van der Waals surface area contributed by atoms with Gasteiger partial charge in [-0.3, -0.25) is 0 Å². The zero-order chi connectivity index (χ0) is 15.5. The molecule has 116 valence electrons. The van der Waals surface area contributed by atoms with Crippen LogP contribution in [0.4, 0.5) is 5.69 Å². The van der Waals surface area contributed by atoms with Crippen LogP contribution in [0.2, 0.25) is 0 Å². The number of benzene rings is 1. The standard InChI is InChI=1S/C15H23N3O3/c1-11-9-12(3-4-13(11)14(16)17-20)18(2)10-15(19)5-7-21-8-6-15/h3-4,9,19-20H,5-8,10H2,1-2H3,(H2,16,17). The van der Waals surface area contributed by atoms with Crippen molar-refractivity contribution in [3.05, 3.63) is 29.3 Å². The van der Waals surface area contributed by atoms with Gasteiger partial charge in [-0.2, -0.15) is 0 Å². The lowest BCUT2D eigenvalue weighted by molar-refractivity contribution is -0.0572. The predicted octanol–water partition coefficient (Wildman–Crippen LogP) is 1.07. The summed E-state index contributed by atoms with van der Waals surface area (Å²) in [6, 6.07) is 5.70. The molecular formula is C15H23N3O3. The van der Waals surface area contributed by atoms with Gasteiger partial charge in [-0.05, 0) is 30.7 Å². The van der Waals surface area contributed by atoms with Crippen LogP contribution in [0.15, 0.2) is 23.4 Å². The zero-order valence-corrected chi connectivity index (χ0v) is 12.5. The molecule has 0 aromatic heterocycles. The van der Waals surface area contributed by atoms with Gasteiger partial charge in [0.1, 0.15) is 0 Å². The van der Waals surface area contributed by atoms with E-state index in [0.29, 0.717) is 38.2 Å². The van der Waals surface area contributed by atoms with Crippen LogP contribution in [-0.4, -0.2) is 48.6 Å². The summed E-state index contributed by atoms with van der Waals surface area (Å²) >= 11 is 0. The van der Waals surface area contributed by atoms with E-state index in [0.717, 1.165) is 11.3 Å². The van der Waals surface area contributed by atoms with Gasteiger partial charge in [-0.1, -0.05) is 5.16 Å². The van der Waals surface area contributed by atoms with E-state index < -0.39 is 5.60 Å². The molecule has 1 aliphatic heterocycles. The molecule has 1 aromatic rings. The van der Waals surface area contributed by atoms with Crippen LogP contribution in [0.3, 0.4) is 0 Å². The monoisotopic (exact) mass is 293 g/mol. The van der Waals surface area contributed by atoms with Crippen molar-refractivity contribution in [3.63, 3.8) is 0 Å². The molecule has 0 bridgehead atoms. The summed E-state index contributed by atoms with van der Waals surface area (Å²) in [6.07, 6.45) is 1.30. The number of aryl methyl sites for hydroxylation is 1. The lowest BCUT2D eigenvalue weighted by atomic mass is 9.93. The molecule has 6 nitrogen and oxygen atoms in total. The van der Waals surface area contributed by atoms with E-state index in [9.17, 15) is 5.11 Å². The number of aliphatic hydroxyl groups is 1. The second kappa shape index (κ2) is 6.32. The molecule has 0 aliphatic carbocycles. The van der Waals surface area contributed by atoms with Crippen molar-refractivity contribution in [2.24, 2.45) is 10.9 Å². The Bertz CT molecular complexity index is 525. The average Bonchev–Trinajstić information content (AvgIpc) is 2.46. The van der Waals surface area contributed by atoms with E-state index in [-0.39, 0.29) is 5.84 Å². The van der Waals surface area contributed by atoms with Crippen LogP contribution in [0.1, 0.15) is 24.0 Å². The molecule has 1 heterocycles. The van der Waals surface area contributed by atoms with Crippen molar-refractivity contribution < 1.29 is 15.1 Å². The van der Waals surface area contributed by atoms with Crippen LogP contribution in [-0.2, 0) is 4.74 Å². The summed E-state index contributed by atoms with van der Waals surface area (Å²) in [7, 11) is 1.95. The van der Waals surface area contributed by atoms with Crippen LogP contribution < -0.4 is 10.6 Å². The van der Waals surface area contributed by atoms with Crippen molar-refractivity contribution in [2.45, 2.75) is 25.4 Å². The Morgan fingerprint density at radius 3 is 2.67 bits per heavy atom. The number of nitrogens with zero attached hydrogens (tertiary/aromatic N) is 2. The maximum Gasteiger partial charge on any atom is 0.170 e. The number of likely N-dealkylation sites (N-methyl/N-ethyl adjacent to an activating group) is 1. The quantitative estimate of drug-likeness (QED) is 0.334. The Morgan fingerprint density at radius 1 is 1.43 bits per heavy atom. The normalized spacial score (nSPS) is 18.5. The van der Waals surface area contributed by atoms with Gasteiger partial charge >= 0.3 is 0 Å². The molecular weight excluding hydrogens is 270 g/mol. The Morgan fingerprint density at radius 2 is 2.10 bits per heavy atom. The number of rotatable bonds is 4. The van der Waals surface area contributed by atoms with E-state index in [1.165, 1.54) is 0 Å². The first-order valence-corrected chi connectivity index (χ1v) is 7.05. The minimum atomic E-state index is -0.703. The van der Waals surface area contributed by atoms with E-state index >= 15 is 0 Å².